The first-order chi connectivity index (χ1) is 15.6. The lowest BCUT2D eigenvalue weighted by Crippen LogP contribution is -2.06. The van der Waals surface area contributed by atoms with Crippen LogP contribution in [0.3, 0.4) is 0 Å². The van der Waals surface area contributed by atoms with E-state index in [1.54, 1.807) is 24.8 Å². The number of anilines is 2. The summed E-state index contributed by atoms with van der Waals surface area (Å²) in [6, 6.07) is 11.6. The standard InChI is InChI=1S/C24H24N8/c1-16(2)18-9-24(32-29-15-18)31-23-6-5-21-22(30-23)8-19(14-28-21)20(10-25)13-27-12-17-4-3-7-26-11-17/h3-11,13-16,25,27H,12H2,1-2H3,(H,30,31,32)/b20-13+,25-10?. The van der Waals surface area contributed by atoms with Crippen LogP contribution in [0, 0.1) is 5.41 Å². The van der Waals surface area contributed by atoms with Gasteiger partial charge in [0, 0.05) is 48.7 Å². The van der Waals surface area contributed by atoms with Gasteiger partial charge in [-0.25, -0.2) is 4.98 Å². The summed E-state index contributed by atoms with van der Waals surface area (Å²) in [5.74, 6) is 1.66. The van der Waals surface area contributed by atoms with Crippen molar-refractivity contribution in [3.8, 4) is 0 Å². The van der Waals surface area contributed by atoms with Crippen LogP contribution in [0.2, 0.25) is 0 Å². The zero-order valence-electron chi connectivity index (χ0n) is 17.9. The summed E-state index contributed by atoms with van der Waals surface area (Å²) in [6.45, 7) is 4.85. The van der Waals surface area contributed by atoms with Crippen molar-refractivity contribution in [2.45, 2.75) is 26.3 Å². The third-order valence-corrected chi connectivity index (χ3v) is 4.91. The largest absolute Gasteiger partial charge is 0.386 e. The van der Waals surface area contributed by atoms with Crippen LogP contribution in [0.5, 0.6) is 0 Å². The Morgan fingerprint density at radius 2 is 1.97 bits per heavy atom. The number of aromatic nitrogens is 5. The number of nitrogens with zero attached hydrogens (tertiary/aromatic N) is 5. The fourth-order valence-corrected chi connectivity index (χ4v) is 3.11. The fourth-order valence-electron chi connectivity index (χ4n) is 3.11. The SMILES string of the molecule is CC(C)c1cnnc(Nc2ccc3ncc(/C(C=N)=C/NCc4cccnc4)cc3n2)c1. The quantitative estimate of drug-likeness (QED) is 0.358. The molecule has 4 aromatic rings. The molecule has 4 heterocycles. The molecule has 160 valence electrons. The van der Waals surface area contributed by atoms with Crippen LogP contribution >= 0.6 is 0 Å². The molecule has 0 bridgehead atoms. The number of hydrogen-bond donors (Lipinski definition) is 3. The number of rotatable bonds is 8. The van der Waals surface area contributed by atoms with Gasteiger partial charge >= 0.3 is 0 Å². The molecule has 0 aliphatic heterocycles. The zero-order chi connectivity index (χ0) is 22.3. The first-order valence-corrected chi connectivity index (χ1v) is 10.3. The molecule has 0 saturated heterocycles. The van der Waals surface area contributed by atoms with Crippen LogP contribution in [0.15, 0.2) is 67.4 Å². The molecule has 4 aromatic heterocycles. The van der Waals surface area contributed by atoms with E-state index in [4.69, 9.17) is 5.41 Å². The van der Waals surface area contributed by atoms with Gasteiger partial charge in [-0.05, 0) is 47.4 Å². The maximum absolute atomic E-state index is 7.81. The van der Waals surface area contributed by atoms with Crippen molar-refractivity contribution in [1.29, 1.82) is 5.41 Å². The molecule has 32 heavy (non-hydrogen) atoms. The van der Waals surface area contributed by atoms with Crippen LogP contribution in [-0.4, -0.2) is 31.4 Å². The summed E-state index contributed by atoms with van der Waals surface area (Å²) in [4.78, 5) is 13.3. The summed E-state index contributed by atoms with van der Waals surface area (Å²) in [6.07, 6.45) is 10.2. The van der Waals surface area contributed by atoms with E-state index in [1.165, 1.54) is 6.21 Å². The van der Waals surface area contributed by atoms with E-state index >= 15 is 0 Å². The highest BCUT2D eigenvalue weighted by Crippen LogP contribution is 2.21. The third-order valence-electron chi connectivity index (χ3n) is 4.91. The van der Waals surface area contributed by atoms with Crippen molar-refractivity contribution in [3.05, 3.63) is 84.1 Å². The Morgan fingerprint density at radius 3 is 2.75 bits per heavy atom. The van der Waals surface area contributed by atoms with Crippen molar-refractivity contribution in [2.75, 3.05) is 5.32 Å². The molecular weight excluding hydrogens is 400 g/mol. The van der Waals surface area contributed by atoms with E-state index < -0.39 is 0 Å². The summed E-state index contributed by atoms with van der Waals surface area (Å²) < 4.78 is 0. The van der Waals surface area contributed by atoms with Gasteiger partial charge in [-0.2, -0.15) is 5.10 Å². The smallest absolute Gasteiger partial charge is 0.154 e. The average Bonchev–Trinajstić information content (AvgIpc) is 2.82. The molecule has 0 amide bonds. The molecule has 0 saturated carbocycles. The van der Waals surface area contributed by atoms with E-state index in [2.05, 4.69) is 49.6 Å². The monoisotopic (exact) mass is 424 g/mol. The van der Waals surface area contributed by atoms with Gasteiger partial charge < -0.3 is 16.0 Å². The lowest BCUT2D eigenvalue weighted by molar-refractivity contribution is 0.843. The molecule has 8 nitrogen and oxygen atoms in total. The van der Waals surface area contributed by atoms with Crippen LogP contribution < -0.4 is 10.6 Å². The van der Waals surface area contributed by atoms with Crippen molar-refractivity contribution in [2.24, 2.45) is 0 Å². The topological polar surface area (TPSA) is 112 Å². The molecular formula is C24H24N8. The molecule has 0 spiro atoms. The maximum Gasteiger partial charge on any atom is 0.154 e. The molecule has 0 radical (unpaired) electrons. The van der Waals surface area contributed by atoms with Gasteiger partial charge in [-0.15, -0.1) is 5.10 Å². The molecule has 0 atom stereocenters. The summed E-state index contributed by atoms with van der Waals surface area (Å²) in [5, 5.41) is 22.5. The maximum atomic E-state index is 7.81. The molecule has 0 aromatic carbocycles. The number of hydrogen-bond acceptors (Lipinski definition) is 8. The Bertz CT molecular complexity index is 1250. The van der Waals surface area contributed by atoms with Crippen LogP contribution in [0.1, 0.15) is 36.5 Å². The van der Waals surface area contributed by atoms with Crippen LogP contribution in [-0.2, 0) is 6.54 Å². The van der Waals surface area contributed by atoms with Gasteiger partial charge in [0.05, 0.1) is 17.2 Å². The minimum atomic E-state index is 0.362. The first-order valence-electron chi connectivity index (χ1n) is 10.3. The number of allylic oxidation sites excluding steroid dienone is 1. The Kier molecular flexibility index (Phi) is 6.41. The average molecular weight is 425 g/mol. The van der Waals surface area contributed by atoms with Crippen molar-refractivity contribution < 1.29 is 0 Å². The van der Waals surface area contributed by atoms with Crippen molar-refractivity contribution in [3.63, 3.8) is 0 Å². The van der Waals surface area contributed by atoms with Crippen molar-refractivity contribution >= 4 is 34.5 Å². The molecule has 0 aliphatic carbocycles. The molecule has 0 fully saturated rings. The Labute approximate surface area is 186 Å². The van der Waals surface area contributed by atoms with E-state index in [0.717, 1.165) is 27.7 Å². The van der Waals surface area contributed by atoms with Crippen LogP contribution in [0.4, 0.5) is 11.6 Å². The van der Waals surface area contributed by atoms with E-state index in [1.807, 2.05) is 42.6 Å². The van der Waals surface area contributed by atoms with E-state index in [-0.39, 0.29) is 0 Å². The fraction of sp³-hybridized carbons (Fsp3) is 0.167. The molecule has 0 aliphatic rings. The van der Waals surface area contributed by atoms with E-state index in [9.17, 15) is 0 Å². The Balaban J connectivity index is 1.55. The summed E-state index contributed by atoms with van der Waals surface area (Å²) >= 11 is 0. The van der Waals surface area contributed by atoms with Gasteiger partial charge in [-0.3, -0.25) is 9.97 Å². The molecule has 4 rings (SSSR count). The minimum absolute atomic E-state index is 0.362. The number of fused-ring (bicyclic) bond motifs is 1. The highest BCUT2D eigenvalue weighted by Gasteiger charge is 2.07. The lowest BCUT2D eigenvalue weighted by atomic mass is 10.1. The lowest BCUT2D eigenvalue weighted by Gasteiger charge is -2.09. The van der Waals surface area contributed by atoms with E-state index in [0.29, 0.717) is 29.7 Å². The second-order valence-corrected chi connectivity index (χ2v) is 7.60. The number of pyridine rings is 3. The van der Waals surface area contributed by atoms with Gasteiger partial charge in [0.2, 0.25) is 0 Å². The normalized spacial score (nSPS) is 11.5. The minimum Gasteiger partial charge on any atom is -0.386 e. The van der Waals surface area contributed by atoms with Gasteiger partial charge in [0.1, 0.15) is 5.82 Å². The van der Waals surface area contributed by atoms with Crippen LogP contribution in [0.25, 0.3) is 16.6 Å². The van der Waals surface area contributed by atoms with Gasteiger partial charge in [-0.1, -0.05) is 19.9 Å². The highest BCUT2D eigenvalue weighted by atomic mass is 15.2. The van der Waals surface area contributed by atoms with Gasteiger partial charge in [0.15, 0.2) is 5.82 Å². The summed E-state index contributed by atoms with van der Waals surface area (Å²) in [7, 11) is 0. The second kappa shape index (κ2) is 9.74. The van der Waals surface area contributed by atoms with Gasteiger partial charge in [0.25, 0.3) is 0 Å². The molecule has 0 unspecified atom stereocenters. The van der Waals surface area contributed by atoms with Crippen molar-refractivity contribution in [1.82, 2.24) is 30.5 Å². The first kappa shape index (κ1) is 21.0. The molecule has 8 heteroatoms. The molecule has 3 N–H and O–H groups in total. The highest BCUT2D eigenvalue weighted by molar-refractivity contribution is 6.08. The Morgan fingerprint density at radius 1 is 1.06 bits per heavy atom. The second-order valence-electron chi connectivity index (χ2n) is 7.60. The summed E-state index contributed by atoms with van der Waals surface area (Å²) in [5.41, 5.74) is 5.17. The third kappa shape index (κ3) is 5.10. The Hall–Kier alpha value is -4.20. The zero-order valence-corrected chi connectivity index (χ0v) is 17.9. The number of nitrogens with one attached hydrogen (secondary N) is 3. The predicted octanol–water partition coefficient (Wildman–Crippen LogP) is 4.46. The predicted molar refractivity (Wildman–Crippen MR) is 127 cm³/mol.